The predicted octanol–water partition coefficient (Wildman–Crippen LogP) is 0.726. The zero-order valence-electron chi connectivity index (χ0n) is 7.18. The molecule has 0 aromatic heterocycles. The molecule has 0 bridgehead atoms. The van der Waals surface area contributed by atoms with E-state index in [4.69, 9.17) is 10.8 Å². The molecule has 1 aromatic carbocycles. The molecule has 0 heterocycles. The molecule has 0 radical (unpaired) electrons. The number of nitro benzene ring substituents is 1. The molecular formula is C8H9FN2O3. The summed E-state index contributed by atoms with van der Waals surface area (Å²) in [5.74, 6) is -0.655. The minimum atomic E-state index is -0.935. The van der Waals surface area contributed by atoms with Crippen LogP contribution in [0.25, 0.3) is 0 Å². The van der Waals surface area contributed by atoms with E-state index in [2.05, 4.69) is 0 Å². The zero-order valence-corrected chi connectivity index (χ0v) is 7.18. The average Bonchev–Trinajstić information content (AvgIpc) is 2.17. The van der Waals surface area contributed by atoms with Crippen LogP contribution in [0.5, 0.6) is 0 Å². The van der Waals surface area contributed by atoms with Crippen molar-refractivity contribution in [2.75, 3.05) is 6.61 Å². The van der Waals surface area contributed by atoms with E-state index >= 15 is 0 Å². The Hall–Kier alpha value is -1.53. The van der Waals surface area contributed by atoms with Crippen LogP contribution in [0.2, 0.25) is 0 Å². The fourth-order valence-electron chi connectivity index (χ4n) is 1.03. The van der Waals surface area contributed by atoms with Gasteiger partial charge in [0, 0.05) is 17.7 Å². The number of nitro groups is 1. The van der Waals surface area contributed by atoms with Crippen molar-refractivity contribution in [1.82, 2.24) is 0 Å². The molecule has 76 valence electrons. The molecule has 0 aliphatic rings. The van der Waals surface area contributed by atoms with Crippen LogP contribution in [0.15, 0.2) is 18.2 Å². The lowest BCUT2D eigenvalue weighted by Crippen LogP contribution is -2.16. The van der Waals surface area contributed by atoms with E-state index in [1.807, 2.05) is 0 Å². The summed E-state index contributed by atoms with van der Waals surface area (Å²) in [6, 6.07) is 2.09. The van der Waals surface area contributed by atoms with Crippen LogP contribution in [0.3, 0.4) is 0 Å². The van der Waals surface area contributed by atoms with E-state index in [0.29, 0.717) is 0 Å². The van der Waals surface area contributed by atoms with Gasteiger partial charge < -0.3 is 10.8 Å². The largest absolute Gasteiger partial charge is 0.394 e. The lowest BCUT2D eigenvalue weighted by Gasteiger charge is -2.08. The Morgan fingerprint density at radius 1 is 1.64 bits per heavy atom. The standard InChI is InChI=1S/C8H9FN2O3/c9-7-2-1-5(11(13)14)3-6(7)8(10)4-12/h1-3,8,12H,4,10H2. The van der Waals surface area contributed by atoms with E-state index in [0.717, 1.165) is 18.2 Å². The van der Waals surface area contributed by atoms with Gasteiger partial charge in [-0.15, -0.1) is 0 Å². The molecule has 0 amide bonds. The number of benzene rings is 1. The summed E-state index contributed by atoms with van der Waals surface area (Å²) >= 11 is 0. The predicted molar refractivity (Wildman–Crippen MR) is 47.1 cm³/mol. The van der Waals surface area contributed by atoms with Crippen LogP contribution in [0, 0.1) is 15.9 Å². The summed E-state index contributed by atoms with van der Waals surface area (Å²) in [5, 5.41) is 19.0. The zero-order chi connectivity index (χ0) is 10.7. The van der Waals surface area contributed by atoms with Gasteiger partial charge in [0.15, 0.2) is 0 Å². The third-order valence-electron chi connectivity index (χ3n) is 1.79. The molecule has 1 aromatic rings. The van der Waals surface area contributed by atoms with E-state index in [1.165, 1.54) is 0 Å². The number of hydrogen-bond donors (Lipinski definition) is 2. The molecule has 5 nitrogen and oxygen atoms in total. The van der Waals surface area contributed by atoms with Gasteiger partial charge in [0.25, 0.3) is 5.69 Å². The molecule has 0 aliphatic carbocycles. The van der Waals surface area contributed by atoms with Gasteiger partial charge in [0.05, 0.1) is 17.6 Å². The van der Waals surface area contributed by atoms with Crippen LogP contribution >= 0.6 is 0 Å². The topological polar surface area (TPSA) is 89.4 Å². The van der Waals surface area contributed by atoms with Gasteiger partial charge in [0.2, 0.25) is 0 Å². The highest BCUT2D eigenvalue weighted by Gasteiger charge is 2.15. The lowest BCUT2D eigenvalue weighted by molar-refractivity contribution is -0.385. The monoisotopic (exact) mass is 200 g/mol. The number of aliphatic hydroxyl groups is 1. The van der Waals surface area contributed by atoms with Gasteiger partial charge in [-0.05, 0) is 6.07 Å². The van der Waals surface area contributed by atoms with Crippen molar-refractivity contribution in [2.24, 2.45) is 5.73 Å². The smallest absolute Gasteiger partial charge is 0.269 e. The van der Waals surface area contributed by atoms with Gasteiger partial charge in [-0.1, -0.05) is 0 Å². The third kappa shape index (κ3) is 2.04. The fourth-order valence-corrected chi connectivity index (χ4v) is 1.03. The average molecular weight is 200 g/mol. The molecule has 0 fully saturated rings. The van der Waals surface area contributed by atoms with Crippen LogP contribution < -0.4 is 5.73 Å². The first-order valence-electron chi connectivity index (χ1n) is 3.86. The number of non-ortho nitro benzene ring substituents is 1. The van der Waals surface area contributed by atoms with E-state index < -0.39 is 23.4 Å². The Morgan fingerprint density at radius 2 is 2.29 bits per heavy atom. The fraction of sp³-hybridized carbons (Fsp3) is 0.250. The van der Waals surface area contributed by atoms with Gasteiger partial charge >= 0.3 is 0 Å². The number of hydrogen-bond acceptors (Lipinski definition) is 4. The molecule has 14 heavy (non-hydrogen) atoms. The number of nitrogens with two attached hydrogens (primary N) is 1. The van der Waals surface area contributed by atoms with Crippen molar-refractivity contribution in [1.29, 1.82) is 0 Å². The number of nitrogens with zero attached hydrogens (tertiary/aromatic N) is 1. The van der Waals surface area contributed by atoms with Crippen LogP contribution in [0.1, 0.15) is 11.6 Å². The lowest BCUT2D eigenvalue weighted by atomic mass is 10.1. The number of aliphatic hydroxyl groups excluding tert-OH is 1. The minimum Gasteiger partial charge on any atom is -0.394 e. The molecule has 0 aliphatic heterocycles. The van der Waals surface area contributed by atoms with Crippen LogP contribution in [-0.4, -0.2) is 16.6 Å². The maximum absolute atomic E-state index is 13.1. The molecule has 1 unspecified atom stereocenters. The van der Waals surface area contributed by atoms with Crippen molar-refractivity contribution >= 4 is 5.69 Å². The van der Waals surface area contributed by atoms with E-state index in [9.17, 15) is 14.5 Å². The Kier molecular flexibility index (Phi) is 3.10. The minimum absolute atomic E-state index is 0.0540. The number of halogens is 1. The Morgan fingerprint density at radius 3 is 2.79 bits per heavy atom. The molecule has 6 heteroatoms. The Balaban J connectivity index is 3.14. The van der Waals surface area contributed by atoms with Crippen molar-refractivity contribution in [3.8, 4) is 0 Å². The van der Waals surface area contributed by atoms with Crippen molar-refractivity contribution in [3.63, 3.8) is 0 Å². The number of rotatable bonds is 3. The molecular weight excluding hydrogens is 191 g/mol. The Bertz CT molecular complexity index is 356. The van der Waals surface area contributed by atoms with Crippen molar-refractivity contribution in [2.45, 2.75) is 6.04 Å². The summed E-state index contributed by atoms with van der Waals surface area (Å²) in [4.78, 5) is 9.71. The summed E-state index contributed by atoms with van der Waals surface area (Å²) < 4.78 is 13.1. The molecule has 0 saturated carbocycles. The van der Waals surface area contributed by atoms with Crippen molar-refractivity contribution < 1.29 is 14.4 Å². The second-order valence-electron chi connectivity index (χ2n) is 2.75. The maximum atomic E-state index is 13.1. The second kappa shape index (κ2) is 4.12. The van der Waals surface area contributed by atoms with Crippen LogP contribution in [0.4, 0.5) is 10.1 Å². The van der Waals surface area contributed by atoms with Gasteiger partial charge in [-0.2, -0.15) is 0 Å². The molecule has 3 N–H and O–H groups in total. The van der Waals surface area contributed by atoms with Gasteiger partial charge in [-0.3, -0.25) is 10.1 Å². The third-order valence-corrected chi connectivity index (χ3v) is 1.79. The highest BCUT2D eigenvalue weighted by Crippen LogP contribution is 2.20. The van der Waals surface area contributed by atoms with Gasteiger partial charge in [-0.25, -0.2) is 4.39 Å². The Labute approximate surface area is 79.1 Å². The maximum Gasteiger partial charge on any atom is 0.269 e. The van der Waals surface area contributed by atoms with Crippen molar-refractivity contribution in [3.05, 3.63) is 39.7 Å². The molecule has 0 saturated heterocycles. The van der Waals surface area contributed by atoms with Gasteiger partial charge in [0.1, 0.15) is 5.82 Å². The molecule has 0 spiro atoms. The highest BCUT2D eigenvalue weighted by molar-refractivity contribution is 5.36. The highest BCUT2D eigenvalue weighted by atomic mass is 19.1. The second-order valence-corrected chi connectivity index (χ2v) is 2.75. The first kappa shape index (κ1) is 10.6. The summed E-state index contributed by atoms with van der Waals surface area (Å²) in [6.45, 7) is -0.460. The first-order chi connectivity index (χ1) is 6.56. The molecule has 1 atom stereocenters. The molecule has 1 rings (SSSR count). The SMILES string of the molecule is NC(CO)c1cc([N+](=O)[O-])ccc1F. The summed E-state index contributed by atoms with van der Waals surface area (Å²) in [7, 11) is 0. The summed E-state index contributed by atoms with van der Waals surface area (Å²) in [6.07, 6.45) is 0. The van der Waals surface area contributed by atoms with Crippen LogP contribution in [-0.2, 0) is 0 Å². The first-order valence-corrected chi connectivity index (χ1v) is 3.86. The van der Waals surface area contributed by atoms with E-state index in [1.54, 1.807) is 0 Å². The normalized spacial score (nSPS) is 12.5. The quantitative estimate of drug-likeness (QED) is 0.555. The summed E-state index contributed by atoms with van der Waals surface area (Å²) in [5.41, 5.74) is 5.05. The van der Waals surface area contributed by atoms with E-state index in [-0.39, 0.29) is 11.3 Å².